The van der Waals surface area contributed by atoms with E-state index in [4.69, 9.17) is 9.47 Å². The molecule has 0 unspecified atom stereocenters. The van der Waals surface area contributed by atoms with E-state index in [9.17, 15) is 0 Å². The van der Waals surface area contributed by atoms with Gasteiger partial charge in [0.15, 0.2) is 0 Å². The molecule has 0 fully saturated rings. The normalized spacial score (nSPS) is 10.9. The van der Waals surface area contributed by atoms with Gasteiger partial charge in [0.2, 0.25) is 0 Å². The second kappa shape index (κ2) is 6.41. The Labute approximate surface area is 98.6 Å². The molecule has 1 rings (SSSR count). The van der Waals surface area contributed by atoms with Crippen LogP contribution in [0.4, 0.5) is 0 Å². The average Bonchev–Trinajstić information content (AvgIpc) is 2.24. The molecule has 0 amide bonds. The summed E-state index contributed by atoms with van der Waals surface area (Å²) in [7, 11) is 0. The van der Waals surface area contributed by atoms with Crippen molar-refractivity contribution in [3.05, 3.63) is 24.3 Å². The number of hydrogen-bond acceptors (Lipinski definition) is 2. The lowest BCUT2D eigenvalue weighted by Gasteiger charge is -2.11. The van der Waals surface area contributed by atoms with Gasteiger partial charge in [0.25, 0.3) is 0 Å². The zero-order valence-corrected chi connectivity index (χ0v) is 10.6. The first kappa shape index (κ1) is 12.9. The Morgan fingerprint density at radius 1 is 1.06 bits per heavy atom. The summed E-state index contributed by atoms with van der Waals surface area (Å²) in [6, 6.07) is 8.69. The van der Waals surface area contributed by atoms with Gasteiger partial charge in [-0.05, 0) is 24.0 Å². The molecule has 1 aromatic carbocycles. The summed E-state index contributed by atoms with van der Waals surface area (Å²) in [5, 5.41) is 0. The smallest absolute Gasteiger partial charge is 0.130 e. The lowest BCUT2D eigenvalue weighted by Crippen LogP contribution is -2.06. The van der Waals surface area contributed by atoms with Crippen LogP contribution in [0.1, 0.15) is 27.7 Å². The molecular formula is C14H21O2. The lowest BCUT2D eigenvalue weighted by molar-refractivity contribution is 0.257. The highest BCUT2D eigenvalue weighted by Crippen LogP contribution is 2.19. The van der Waals surface area contributed by atoms with Gasteiger partial charge in [-0.15, -0.1) is 0 Å². The minimum Gasteiger partial charge on any atom is -0.493 e. The molecule has 2 heteroatoms. The van der Waals surface area contributed by atoms with E-state index in [2.05, 4.69) is 33.8 Å². The third kappa shape index (κ3) is 5.06. The standard InChI is InChI=1S/C14H21O2/c1-11(2)9-15-13-6-5-7-14(8-13)16-10-12(3)4/h5-6,8,11-12H,9-10H2,1-4H3. The molecule has 16 heavy (non-hydrogen) atoms. The van der Waals surface area contributed by atoms with E-state index in [-0.39, 0.29) is 0 Å². The van der Waals surface area contributed by atoms with Crippen molar-refractivity contribution in [1.82, 2.24) is 0 Å². The van der Waals surface area contributed by atoms with Crippen molar-refractivity contribution in [3.8, 4) is 11.5 Å². The highest BCUT2D eigenvalue weighted by molar-refractivity contribution is 5.31. The largest absolute Gasteiger partial charge is 0.493 e. The van der Waals surface area contributed by atoms with Crippen LogP contribution >= 0.6 is 0 Å². The van der Waals surface area contributed by atoms with Gasteiger partial charge in [0.05, 0.1) is 13.2 Å². The molecule has 0 atom stereocenters. The van der Waals surface area contributed by atoms with E-state index in [1.54, 1.807) is 0 Å². The van der Waals surface area contributed by atoms with Gasteiger partial charge >= 0.3 is 0 Å². The third-order valence-electron chi connectivity index (χ3n) is 1.90. The van der Waals surface area contributed by atoms with Gasteiger partial charge in [0.1, 0.15) is 11.5 Å². The Kier molecular flexibility index (Phi) is 5.17. The van der Waals surface area contributed by atoms with E-state index < -0.39 is 0 Å². The summed E-state index contributed by atoms with van der Waals surface area (Å²) in [4.78, 5) is 0. The molecule has 0 N–H and O–H groups in total. The van der Waals surface area contributed by atoms with Crippen molar-refractivity contribution in [2.75, 3.05) is 13.2 Å². The van der Waals surface area contributed by atoms with Crippen LogP contribution < -0.4 is 9.47 Å². The summed E-state index contributed by atoms with van der Waals surface area (Å²) >= 11 is 0. The number of ether oxygens (including phenoxy) is 2. The molecule has 89 valence electrons. The van der Waals surface area contributed by atoms with Crippen LogP contribution in [0, 0.1) is 17.9 Å². The summed E-state index contributed by atoms with van der Waals surface area (Å²) in [6.07, 6.45) is 0. The van der Waals surface area contributed by atoms with Crippen LogP contribution in [-0.4, -0.2) is 13.2 Å². The summed E-state index contributed by atoms with van der Waals surface area (Å²) in [5.41, 5.74) is 0. The molecule has 0 aliphatic carbocycles. The fourth-order valence-corrected chi connectivity index (χ4v) is 1.12. The van der Waals surface area contributed by atoms with Crippen molar-refractivity contribution in [3.63, 3.8) is 0 Å². The SMILES string of the molecule is CC(C)COc1[c]ccc(OCC(C)C)c1. The van der Waals surface area contributed by atoms with E-state index >= 15 is 0 Å². The summed E-state index contributed by atoms with van der Waals surface area (Å²) in [6.45, 7) is 9.95. The Hall–Kier alpha value is -1.18. The van der Waals surface area contributed by atoms with Gasteiger partial charge in [0, 0.05) is 12.1 Å². The number of hydrogen-bond donors (Lipinski definition) is 0. The van der Waals surface area contributed by atoms with Crippen LogP contribution in [0.2, 0.25) is 0 Å². The van der Waals surface area contributed by atoms with Crippen molar-refractivity contribution < 1.29 is 9.47 Å². The predicted octanol–water partition coefficient (Wildman–Crippen LogP) is 3.56. The second-order valence-electron chi connectivity index (χ2n) is 4.80. The molecule has 0 saturated heterocycles. The lowest BCUT2D eigenvalue weighted by atomic mass is 10.2. The van der Waals surface area contributed by atoms with Crippen LogP contribution in [0.15, 0.2) is 18.2 Å². The van der Waals surface area contributed by atoms with E-state index in [1.165, 1.54) is 0 Å². The Bertz CT molecular complexity index is 278. The highest BCUT2D eigenvalue weighted by Gasteiger charge is 2.01. The molecule has 2 nitrogen and oxygen atoms in total. The van der Waals surface area contributed by atoms with Crippen LogP contribution in [-0.2, 0) is 0 Å². The fraction of sp³-hybridized carbons (Fsp3) is 0.571. The minimum atomic E-state index is 0.522. The summed E-state index contributed by atoms with van der Waals surface area (Å²) in [5.74, 6) is 2.67. The topological polar surface area (TPSA) is 18.5 Å². The van der Waals surface area contributed by atoms with Crippen molar-refractivity contribution in [2.45, 2.75) is 27.7 Å². The number of benzene rings is 1. The first-order valence-corrected chi connectivity index (χ1v) is 5.85. The second-order valence-corrected chi connectivity index (χ2v) is 4.80. The fourth-order valence-electron chi connectivity index (χ4n) is 1.12. The predicted molar refractivity (Wildman–Crippen MR) is 65.9 cm³/mol. The Morgan fingerprint density at radius 2 is 1.69 bits per heavy atom. The molecule has 0 saturated carbocycles. The first-order valence-electron chi connectivity index (χ1n) is 5.85. The van der Waals surface area contributed by atoms with Crippen molar-refractivity contribution in [2.24, 2.45) is 11.8 Å². The van der Waals surface area contributed by atoms with Crippen molar-refractivity contribution in [1.29, 1.82) is 0 Å². The molecule has 0 bridgehead atoms. The molecule has 1 aromatic rings. The molecule has 0 aromatic heterocycles. The molecule has 0 heterocycles. The third-order valence-corrected chi connectivity index (χ3v) is 1.90. The van der Waals surface area contributed by atoms with Gasteiger partial charge in [-0.2, -0.15) is 0 Å². The Balaban J connectivity index is 2.50. The van der Waals surface area contributed by atoms with Gasteiger partial charge in [-0.3, -0.25) is 0 Å². The molecule has 0 aliphatic rings. The zero-order chi connectivity index (χ0) is 12.0. The maximum absolute atomic E-state index is 5.61. The number of rotatable bonds is 6. The maximum Gasteiger partial charge on any atom is 0.130 e. The van der Waals surface area contributed by atoms with E-state index in [0.717, 1.165) is 18.1 Å². The van der Waals surface area contributed by atoms with Crippen LogP contribution in [0.5, 0.6) is 11.5 Å². The average molecular weight is 221 g/mol. The monoisotopic (exact) mass is 221 g/mol. The highest BCUT2D eigenvalue weighted by atomic mass is 16.5. The quantitative estimate of drug-likeness (QED) is 0.731. The molecule has 0 spiro atoms. The minimum absolute atomic E-state index is 0.522. The Morgan fingerprint density at radius 3 is 2.31 bits per heavy atom. The molecule has 0 aliphatic heterocycles. The molecular weight excluding hydrogens is 200 g/mol. The molecule has 1 radical (unpaired) electrons. The van der Waals surface area contributed by atoms with Gasteiger partial charge < -0.3 is 9.47 Å². The van der Waals surface area contributed by atoms with E-state index in [0.29, 0.717) is 18.4 Å². The van der Waals surface area contributed by atoms with Crippen LogP contribution in [0.3, 0.4) is 0 Å². The van der Waals surface area contributed by atoms with E-state index in [1.807, 2.05) is 18.2 Å². The zero-order valence-electron chi connectivity index (χ0n) is 10.6. The summed E-state index contributed by atoms with van der Waals surface area (Å²) < 4.78 is 11.2. The van der Waals surface area contributed by atoms with Gasteiger partial charge in [-0.25, -0.2) is 0 Å². The van der Waals surface area contributed by atoms with Crippen molar-refractivity contribution >= 4 is 0 Å². The first-order chi connectivity index (χ1) is 7.58. The van der Waals surface area contributed by atoms with Gasteiger partial charge in [-0.1, -0.05) is 27.7 Å². The maximum atomic E-state index is 5.61. The van der Waals surface area contributed by atoms with Crippen LogP contribution in [0.25, 0.3) is 0 Å².